The zero-order valence-corrected chi connectivity index (χ0v) is 14.9. The Bertz CT molecular complexity index is 479. The lowest BCUT2D eigenvalue weighted by atomic mass is 10.1. The van der Waals surface area contributed by atoms with Gasteiger partial charge in [0.15, 0.2) is 3.36 Å². The van der Waals surface area contributed by atoms with Gasteiger partial charge in [-0.2, -0.15) is 4.31 Å². The Balaban J connectivity index is 2.26. The average Bonchev–Trinajstić information content (AvgIpc) is 2.80. The maximum atomic E-state index is 12.5. The third-order valence-electron chi connectivity index (χ3n) is 2.89. The van der Waals surface area contributed by atoms with Gasteiger partial charge in [0.05, 0.1) is 10.8 Å². The topological polar surface area (TPSA) is 20.1 Å². The number of halogens is 2. The molecule has 0 amide bonds. The lowest BCUT2D eigenvalue weighted by Crippen LogP contribution is -2.28. The van der Waals surface area contributed by atoms with Crippen LogP contribution < -0.4 is 0 Å². The van der Waals surface area contributed by atoms with E-state index in [1.807, 2.05) is 25.1 Å². The molecule has 18 heavy (non-hydrogen) atoms. The van der Waals surface area contributed by atoms with Crippen molar-refractivity contribution in [1.29, 1.82) is 0 Å². The fourth-order valence-corrected chi connectivity index (χ4v) is 5.34. The van der Waals surface area contributed by atoms with E-state index in [4.69, 9.17) is 0 Å². The van der Waals surface area contributed by atoms with Crippen molar-refractivity contribution in [3.05, 3.63) is 35.4 Å². The zero-order chi connectivity index (χ0) is 13.7. The summed E-state index contributed by atoms with van der Waals surface area (Å²) in [5, 5.41) is 0. The number of rotatable bonds is 2. The molecule has 0 radical (unpaired) electrons. The third-order valence-corrected chi connectivity index (χ3v) is 6.89. The fourth-order valence-electron chi connectivity index (χ4n) is 1.81. The normalized spacial score (nSPS) is 27.9. The van der Waals surface area contributed by atoms with Crippen LogP contribution in [0.2, 0.25) is 0 Å². The summed E-state index contributed by atoms with van der Waals surface area (Å²) in [5.41, 5.74) is 2.41. The molecule has 3 atom stereocenters. The molecule has 1 fully saturated rings. The summed E-state index contributed by atoms with van der Waals surface area (Å²) in [5.74, 6) is 0. The van der Waals surface area contributed by atoms with Gasteiger partial charge >= 0.3 is 0 Å². The van der Waals surface area contributed by atoms with Gasteiger partial charge in [0.2, 0.25) is 0 Å². The molecule has 1 heterocycles. The summed E-state index contributed by atoms with van der Waals surface area (Å²) in [4.78, 5) is 0. The van der Waals surface area contributed by atoms with Gasteiger partial charge in [0.25, 0.3) is 0 Å². The van der Waals surface area contributed by atoms with E-state index < -0.39 is 11.0 Å². The largest absolute Gasteiger partial charge is 0.242 e. The highest BCUT2D eigenvalue weighted by Gasteiger charge is 2.65. The molecular formula is C13H17Br2NOS. The smallest absolute Gasteiger partial charge is 0.165 e. The fraction of sp³-hybridized carbons (Fsp3) is 0.538. The van der Waals surface area contributed by atoms with E-state index in [1.54, 1.807) is 0 Å². The molecule has 0 N–H and O–H groups in total. The molecule has 0 bridgehead atoms. The molecule has 5 heteroatoms. The van der Waals surface area contributed by atoms with Crippen LogP contribution in [-0.2, 0) is 11.0 Å². The number of hydrogen-bond acceptors (Lipinski definition) is 1. The van der Waals surface area contributed by atoms with Gasteiger partial charge in [-0.3, -0.25) is 0 Å². The SMILES string of the molecule is Cc1ccc([C@@H]2N(S(=O)C(C)(C)C)C2(Br)Br)cc1. The molecule has 0 saturated carbocycles. The maximum absolute atomic E-state index is 12.5. The molecule has 2 rings (SSSR count). The molecule has 2 unspecified atom stereocenters. The summed E-state index contributed by atoms with van der Waals surface area (Å²) in [7, 11) is -1.04. The van der Waals surface area contributed by atoms with Gasteiger partial charge in [-0.05, 0) is 33.3 Å². The Morgan fingerprint density at radius 2 is 1.72 bits per heavy atom. The van der Waals surface area contributed by atoms with Crippen molar-refractivity contribution < 1.29 is 4.21 Å². The van der Waals surface area contributed by atoms with Crippen molar-refractivity contribution in [2.45, 2.75) is 41.8 Å². The van der Waals surface area contributed by atoms with Crippen LogP contribution in [0, 0.1) is 6.92 Å². The van der Waals surface area contributed by atoms with Gasteiger partial charge in [-0.15, -0.1) is 0 Å². The standard InChI is InChI=1S/C13H17Br2NOS/c1-9-5-7-10(8-6-9)11-13(14,15)16(11)18(17)12(2,3)4/h5-8,11H,1-4H3/t11-,16?,18?/m0/s1. The lowest BCUT2D eigenvalue weighted by Gasteiger charge is -2.19. The average molecular weight is 395 g/mol. The van der Waals surface area contributed by atoms with Crippen molar-refractivity contribution in [2.75, 3.05) is 0 Å². The van der Waals surface area contributed by atoms with E-state index in [2.05, 4.69) is 63.0 Å². The minimum absolute atomic E-state index is 0.109. The number of alkyl halides is 2. The first kappa shape index (κ1) is 14.7. The Morgan fingerprint density at radius 3 is 2.17 bits per heavy atom. The second-order valence-electron chi connectivity index (χ2n) is 5.59. The summed E-state index contributed by atoms with van der Waals surface area (Å²) >= 11 is 7.23. The molecule has 1 aliphatic heterocycles. The number of nitrogens with zero attached hydrogens (tertiary/aromatic N) is 1. The second-order valence-corrected chi connectivity index (χ2v) is 11.2. The van der Waals surface area contributed by atoms with Gasteiger partial charge in [0.1, 0.15) is 11.0 Å². The Labute approximate surface area is 128 Å². The number of hydrogen-bond donors (Lipinski definition) is 0. The molecule has 2 nitrogen and oxygen atoms in total. The summed E-state index contributed by atoms with van der Waals surface area (Å²) in [6.07, 6.45) is 0. The van der Waals surface area contributed by atoms with Gasteiger partial charge in [-0.25, -0.2) is 4.21 Å². The van der Waals surface area contributed by atoms with Gasteiger partial charge in [0, 0.05) is 0 Å². The quantitative estimate of drug-likeness (QED) is 0.417. The lowest BCUT2D eigenvalue weighted by molar-refractivity contribution is 0.605. The van der Waals surface area contributed by atoms with Crippen LogP contribution in [0.3, 0.4) is 0 Å². The predicted molar refractivity (Wildman–Crippen MR) is 84.2 cm³/mol. The van der Waals surface area contributed by atoms with Crippen LogP contribution in [0.15, 0.2) is 24.3 Å². The summed E-state index contributed by atoms with van der Waals surface area (Å²) in [6, 6.07) is 8.47. The predicted octanol–water partition coefficient (Wildman–Crippen LogP) is 4.26. The van der Waals surface area contributed by atoms with Gasteiger partial charge in [-0.1, -0.05) is 61.7 Å². The van der Waals surface area contributed by atoms with E-state index >= 15 is 0 Å². The number of benzene rings is 1. The monoisotopic (exact) mass is 393 g/mol. The molecular weight excluding hydrogens is 378 g/mol. The van der Waals surface area contributed by atoms with E-state index in [0.29, 0.717) is 0 Å². The highest BCUT2D eigenvalue weighted by atomic mass is 79.9. The zero-order valence-electron chi connectivity index (χ0n) is 10.9. The highest BCUT2D eigenvalue weighted by Crippen LogP contribution is 2.63. The molecule has 100 valence electrons. The van der Waals surface area contributed by atoms with E-state index in [9.17, 15) is 4.21 Å². The van der Waals surface area contributed by atoms with Crippen molar-refractivity contribution in [1.82, 2.24) is 4.31 Å². The third kappa shape index (κ3) is 2.60. The van der Waals surface area contributed by atoms with Crippen LogP contribution in [0.1, 0.15) is 37.9 Å². The van der Waals surface area contributed by atoms with Crippen molar-refractivity contribution in [2.24, 2.45) is 0 Å². The molecule has 0 aliphatic carbocycles. The van der Waals surface area contributed by atoms with Crippen LogP contribution >= 0.6 is 31.9 Å². The maximum Gasteiger partial charge on any atom is 0.165 e. The van der Waals surface area contributed by atoms with Gasteiger partial charge < -0.3 is 0 Å². The van der Waals surface area contributed by atoms with Crippen LogP contribution in [-0.4, -0.2) is 16.6 Å². The second kappa shape index (κ2) is 4.69. The molecule has 0 spiro atoms. The number of aryl methyl sites for hydroxylation is 1. The molecule has 1 aliphatic rings. The summed E-state index contributed by atoms with van der Waals surface area (Å²) < 4.78 is 13.8. The molecule has 0 aromatic heterocycles. The van der Waals surface area contributed by atoms with Crippen LogP contribution in [0.5, 0.6) is 0 Å². The first-order valence-electron chi connectivity index (χ1n) is 5.81. The van der Waals surface area contributed by atoms with Crippen LogP contribution in [0.25, 0.3) is 0 Å². The Morgan fingerprint density at radius 1 is 1.22 bits per heavy atom. The van der Waals surface area contributed by atoms with E-state index in [-0.39, 0.29) is 14.1 Å². The van der Waals surface area contributed by atoms with E-state index in [1.165, 1.54) is 11.1 Å². The van der Waals surface area contributed by atoms with Crippen LogP contribution in [0.4, 0.5) is 0 Å². The minimum atomic E-state index is -1.04. The van der Waals surface area contributed by atoms with Crippen molar-refractivity contribution in [3.63, 3.8) is 0 Å². The first-order valence-corrected chi connectivity index (χ1v) is 8.50. The highest BCUT2D eigenvalue weighted by molar-refractivity contribution is 9.25. The molecule has 1 saturated heterocycles. The van der Waals surface area contributed by atoms with Crippen molar-refractivity contribution in [3.8, 4) is 0 Å². The summed E-state index contributed by atoms with van der Waals surface area (Å²) in [6.45, 7) is 8.04. The molecule has 1 aromatic rings. The minimum Gasteiger partial charge on any atom is -0.242 e. The van der Waals surface area contributed by atoms with Crippen molar-refractivity contribution >= 4 is 42.8 Å². The molecule has 1 aromatic carbocycles. The Hall–Kier alpha value is 0.290. The Kier molecular flexibility index (Phi) is 3.83. The van der Waals surface area contributed by atoms with E-state index in [0.717, 1.165) is 0 Å². The first-order chi connectivity index (χ1) is 8.15.